The van der Waals surface area contributed by atoms with Gasteiger partial charge in [0.05, 0.1) is 18.4 Å². The van der Waals surface area contributed by atoms with Crippen LogP contribution in [-0.4, -0.2) is 41.4 Å². The van der Waals surface area contributed by atoms with Crippen LogP contribution in [0.4, 0.5) is 0 Å². The Kier molecular flexibility index (Phi) is 4.37. The van der Waals surface area contributed by atoms with Gasteiger partial charge in [-0.25, -0.2) is 0 Å². The number of carbonyl (C=O) groups is 1. The minimum Gasteiger partial charge on any atom is -0.375 e. The Morgan fingerprint density at radius 2 is 2.44 bits per heavy atom. The van der Waals surface area contributed by atoms with Gasteiger partial charge in [0, 0.05) is 38.5 Å². The average Bonchev–Trinajstić information content (AvgIpc) is 2.57. The minimum absolute atomic E-state index is 0.0120. The average molecular weight is 272 g/mol. The Morgan fingerprint density at radius 3 is 3.00 bits per heavy atom. The van der Waals surface area contributed by atoms with E-state index >= 15 is 0 Å². The molecule has 6 heteroatoms. The Labute approximate surface area is 111 Å². The number of carbonyl (C=O) groups excluding carboxylic acids is 1. The molecule has 0 bridgehead atoms. The number of ketones is 1. The maximum absolute atomic E-state index is 12.0. The monoisotopic (exact) mass is 271 g/mol. The van der Waals surface area contributed by atoms with E-state index in [4.69, 9.17) is 16.3 Å². The molecule has 100 valence electrons. The highest BCUT2D eigenvalue weighted by Crippen LogP contribution is 2.20. The van der Waals surface area contributed by atoms with Crippen LogP contribution in [0.15, 0.2) is 0 Å². The molecule has 1 aliphatic heterocycles. The summed E-state index contributed by atoms with van der Waals surface area (Å²) in [6.45, 7) is 4.14. The zero-order valence-electron chi connectivity index (χ0n) is 10.7. The maximum Gasteiger partial charge on any atom is 0.140 e. The van der Waals surface area contributed by atoms with Crippen LogP contribution in [0.2, 0.25) is 5.15 Å². The van der Waals surface area contributed by atoms with Gasteiger partial charge < -0.3 is 10.1 Å². The molecule has 1 N–H and O–H groups in total. The molecule has 0 aliphatic carbocycles. The number of nitrogens with one attached hydrogen (secondary N) is 1. The molecule has 0 radical (unpaired) electrons. The number of hydrogen-bond acceptors (Lipinski definition) is 4. The molecule has 1 fully saturated rings. The summed E-state index contributed by atoms with van der Waals surface area (Å²) in [6, 6.07) is 0. The molecule has 0 saturated carbocycles. The first-order chi connectivity index (χ1) is 8.58. The Hall–Kier alpha value is -0.910. The molecule has 0 spiro atoms. The predicted molar refractivity (Wildman–Crippen MR) is 68.9 cm³/mol. The molecule has 1 atom stereocenters. The standard InChI is InChI=1S/C12H18ClN3O2/c1-8-11(12(13)16(2)15-8)6-9(17)5-10-7-14-3-4-18-10/h10,14H,3-7H2,1-2H3. The first kappa shape index (κ1) is 13.5. The molecule has 18 heavy (non-hydrogen) atoms. The molecule has 2 heterocycles. The predicted octanol–water partition coefficient (Wildman–Crippen LogP) is 0.872. The van der Waals surface area contributed by atoms with Crippen LogP contribution >= 0.6 is 11.6 Å². The first-order valence-electron chi connectivity index (χ1n) is 6.10. The summed E-state index contributed by atoms with van der Waals surface area (Å²) in [4.78, 5) is 12.0. The van der Waals surface area contributed by atoms with E-state index in [0.29, 0.717) is 24.6 Å². The second-order valence-electron chi connectivity index (χ2n) is 4.59. The first-order valence-corrected chi connectivity index (χ1v) is 6.47. The van der Waals surface area contributed by atoms with Gasteiger partial charge in [-0.3, -0.25) is 9.48 Å². The molecule has 5 nitrogen and oxygen atoms in total. The van der Waals surface area contributed by atoms with Gasteiger partial charge >= 0.3 is 0 Å². The van der Waals surface area contributed by atoms with Gasteiger partial charge in [-0.1, -0.05) is 11.6 Å². The number of morpholine rings is 1. The summed E-state index contributed by atoms with van der Waals surface area (Å²) < 4.78 is 7.11. The fourth-order valence-electron chi connectivity index (χ4n) is 2.15. The van der Waals surface area contributed by atoms with Crippen molar-refractivity contribution in [3.05, 3.63) is 16.4 Å². The largest absolute Gasteiger partial charge is 0.375 e. The van der Waals surface area contributed by atoms with Gasteiger partial charge in [-0.15, -0.1) is 0 Å². The fraction of sp³-hybridized carbons (Fsp3) is 0.667. The summed E-state index contributed by atoms with van der Waals surface area (Å²) in [5.41, 5.74) is 1.64. The van der Waals surface area contributed by atoms with Crippen LogP contribution < -0.4 is 5.32 Å². The van der Waals surface area contributed by atoms with E-state index in [1.807, 2.05) is 6.92 Å². The number of halogens is 1. The quantitative estimate of drug-likeness (QED) is 0.883. The third kappa shape index (κ3) is 3.10. The van der Waals surface area contributed by atoms with Crippen molar-refractivity contribution in [2.24, 2.45) is 7.05 Å². The van der Waals surface area contributed by atoms with E-state index in [-0.39, 0.29) is 11.9 Å². The van der Waals surface area contributed by atoms with Crippen molar-refractivity contribution < 1.29 is 9.53 Å². The van der Waals surface area contributed by atoms with Crippen molar-refractivity contribution in [3.8, 4) is 0 Å². The number of aryl methyl sites for hydroxylation is 2. The molecule has 1 aromatic rings. The number of nitrogens with zero attached hydrogens (tertiary/aromatic N) is 2. The molecule has 1 unspecified atom stereocenters. The molecule has 1 saturated heterocycles. The van der Waals surface area contributed by atoms with Gasteiger partial charge in [0.25, 0.3) is 0 Å². The number of hydrogen-bond donors (Lipinski definition) is 1. The van der Waals surface area contributed by atoms with E-state index < -0.39 is 0 Å². The maximum atomic E-state index is 12.0. The second kappa shape index (κ2) is 5.82. The number of rotatable bonds is 4. The van der Waals surface area contributed by atoms with Crippen LogP contribution in [0.25, 0.3) is 0 Å². The Bertz CT molecular complexity index is 439. The van der Waals surface area contributed by atoms with Crippen LogP contribution in [0.1, 0.15) is 17.7 Å². The van der Waals surface area contributed by atoms with E-state index in [1.54, 1.807) is 11.7 Å². The van der Waals surface area contributed by atoms with Gasteiger partial charge in [0.2, 0.25) is 0 Å². The number of aromatic nitrogens is 2. The van der Waals surface area contributed by atoms with E-state index in [9.17, 15) is 4.79 Å². The van der Waals surface area contributed by atoms with Crippen molar-refractivity contribution in [1.29, 1.82) is 0 Å². The summed E-state index contributed by atoms with van der Waals surface area (Å²) in [7, 11) is 1.78. The molecular weight excluding hydrogens is 254 g/mol. The van der Waals surface area contributed by atoms with Crippen molar-refractivity contribution in [2.75, 3.05) is 19.7 Å². The minimum atomic E-state index is -0.0120. The van der Waals surface area contributed by atoms with Crippen LogP contribution in [0, 0.1) is 6.92 Å². The van der Waals surface area contributed by atoms with Crippen molar-refractivity contribution in [1.82, 2.24) is 15.1 Å². The third-order valence-electron chi connectivity index (χ3n) is 3.10. The van der Waals surface area contributed by atoms with Crippen molar-refractivity contribution >= 4 is 17.4 Å². The van der Waals surface area contributed by atoms with Gasteiger partial charge in [0.1, 0.15) is 10.9 Å². The lowest BCUT2D eigenvalue weighted by molar-refractivity contribution is -0.121. The number of Topliss-reactive ketones (excluding diaryl/α,β-unsaturated/α-hetero) is 1. The molecule has 2 rings (SSSR count). The fourth-order valence-corrected chi connectivity index (χ4v) is 2.39. The molecule has 0 amide bonds. The summed E-state index contributed by atoms with van der Waals surface area (Å²) in [6.07, 6.45) is 0.748. The second-order valence-corrected chi connectivity index (χ2v) is 4.95. The highest BCUT2D eigenvalue weighted by molar-refractivity contribution is 6.30. The SMILES string of the molecule is Cc1nn(C)c(Cl)c1CC(=O)CC1CNCCO1. The zero-order chi connectivity index (χ0) is 13.1. The number of ether oxygens (including phenoxy) is 1. The van der Waals surface area contributed by atoms with Crippen LogP contribution in [0.3, 0.4) is 0 Å². The van der Waals surface area contributed by atoms with E-state index in [2.05, 4.69) is 10.4 Å². The van der Waals surface area contributed by atoms with E-state index in [0.717, 1.165) is 24.3 Å². The zero-order valence-corrected chi connectivity index (χ0v) is 11.5. The molecular formula is C12H18ClN3O2. The van der Waals surface area contributed by atoms with Gasteiger partial charge in [-0.05, 0) is 6.92 Å². The van der Waals surface area contributed by atoms with Crippen molar-refractivity contribution in [2.45, 2.75) is 25.9 Å². The Balaban J connectivity index is 1.94. The molecule has 1 aliphatic rings. The van der Waals surface area contributed by atoms with Gasteiger partial charge in [0.15, 0.2) is 0 Å². The summed E-state index contributed by atoms with van der Waals surface area (Å²) in [5.74, 6) is 0.140. The lowest BCUT2D eigenvalue weighted by Gasteiger charge is -2.22. The lowest BCUT2D eigenvalue weighted by Crippen LogP contribution is -2.39. The highest BCUT2D eigenvalue weighted by Gasteiger charge is 2.20. The van der Waals surface area contributed by atoms with Crippen molar-refractivity contribution in [3.63, 3.8) is 0 Å². The molecule has 0 aromatic carbocycles. The topological polar surface area (TPSA) is 56.2 Å². The van der Waals surface area contributed by atoms with Gasteiger partial charge in [-0.2, -0.15) is 5.10 Å². The van der Waals surface area contributed by atoms with E-state index in [1.165, 1.54) is 0 Å². The van der Waals surface area contributed by atoms with Crippen LogP contribution in [0.5, 0.6) is 0 Å². The highest BCUT2D eigenvalue weighted by atomic mass is 35.5. The molecule has 1 aromatic heterocycles. The third-order valence-corrected chi connectivity index (χ3v) is 3.58. The summed E-state index contributed by atoms with van der Waals surface area (Å²) >= 11 is 6.11. The lowest BCUT2D eigenvalue weighted by atomic mass is 10.0. The Morgan fingerprint density at radius 1 is 1.67 bits per heavy atom. The van der Waals surface area contributed by atoms with Crippen LogP contribution in [-0.2, 0) is 23.0 Å². The normalized spacial score (nSPS) is 20.1. The smallest absolute Gasteiger partial charge is 0.140 e. The summed E-state index contributed by atoms with van der Waals surface area (Å²) in [5, 5.41) is 7.96.